The number of H-pyrrole nitrogens is 1. The predicted octanol–water partition coefficient (Wildman–Crippen LogP) is 0.426. The maximum atomic E-state index is 8.46. The Hall–Kier alpha value is -1.12. The first-order valence-corrected chi connectivity index (χ1v) is 1.85. The molecule has 0 spiro atoms. The van der Waals surface area contributed by atoms with Crippen molar-refractivity contribution >= 4 is 0 Å². The summed E-state index contributed by atoms with van der Waals surface area (Å²) in [6.07, 6.45) is 1.30. The Bertz CT molecular complexity index is 142. The quantitative estimate of drug-likeness (QED) is 0.441. The monoisotopic (exact) mass is 99.0 g/mol. The Morgan fingerprint density at radius 1 is 1.43 bits per heavy atom. The second-order valence-corrected chi connectivity index (χ2v) is 1.24. The van der Waals surface area contributed by atoms with Gasteiger partial charge in [-0.25, -0.2) is 0 Å². The molecule has 1 aromatic rings. The molecular weight excluding hydrogens is 94.0 g/mol. The van der Waals surface area contributed by atoms with Gasteiger partial charge in [-0.1, -0.05) is 0 Å². The molecule has 1 rings (SSSR count). The molecule has 0 aromatic carbocycles. The van der Waals surface area contributed by atoms with Crippen LogP contribution < -0.4 is 0 Å². The smallest absolute Gasteiger partial charge is 0.192 e. The fourth-order valence-corrected chi connectivity index (χ4v) is 0.371. The van der Waals surface area contributed by atoms with Gasteiger partial charge in [0.25, 0.3) is 0 Å². The molecule has 0 amide bonds. The van der Waals surface area contributed by atoms with Gasteiger partial charge >= 0.3 is 0 Å². The van der Waals surface area contributed by atoms with Crippen molar-refractivity contribution in [3.63, 3.8) is 0 Å². The fourth-order valence-electron chi connectivity index (χ4n) is 0.371. The van der Waals surface area contributed by atoms with Gasteiger partial charge in [-0.15, -0.1) is 0 Å². The van der Waals surface area contributed by atoms with Crippen molar-refractivity contribution in [1.29, 1.82) is 0 Å². The van der Waals surface area contributed by atoms with E-state index < -0.39 is 0 Å². The summed E-state index contributed by atoms with van der Waals surface area (Å²) >= 11 is 0. The first kappa shape index (κ1) is 4.05. The van der Waals surface area contributed by atoms with Crippen molar-refractivity contribution in [2.45, 2.75) is 0 Å². The van der Waals surface area contributed by atoms with E-state index in [4.69, 9.17) is 10.2 Å². The van der Waals surface area contributed by atoms with Gasteiger partial charge in [-0.3, -0.25) is 0 Å². The molecule has 0 bridgehead atoms. The molecule has 0 aliphatic heterocycles. The number of hydrogen-bond acceptors (Lipinski definition) is 2. The van der Waals surface area contributed by atoms with Crippen LogP contribution in [0.2, 0.25) is 0 Å². The number of aromatic hydroxyl groups is 2. The van der Waals surface area contributed by atoms with E-state index in [2.05, 4.69) is 4.98 Å². The first-order chi connectivity index (χ1) is 3.29. The van der Waals surface area contributed by atoms with E-state index in [1.807, 2.05) is 0 Å². The summed E-state index contributed by atoms with van der Waals surface area (Å²) in [6.45, 7) is 0. The lowest BCUT2D eigenvalue weighted by Gasteiger charge is -1.71. The van der Waals surface area contributed by atoms with Crippen LogP contribution in [0.4, 0.5) is 0 Å². The van der Waals surface area contributed by atoms with E-state index in [0.717, 1.165) is 0 Å². The average molecular weight is 99.1 g/mol. The molecule has 3 heteroatoms. The maximum Gasteiger partial charge on any atom is 0.192 e. The lowest BCUT2D eigenvalue weighted by molar-refractivity contribution is 0.452. The van der Waals surface area contributed by atoms with Gasteiger partial charge in [-0.05, 0) is 0 Å². The molecule has 1 heterocycles. The summed E-state index contributed by atoms with van der Waals surface area (Å²) in [4.78, 5) is 2.37. The largest absolute Gasteiger partial charge is 0.506 e. The Labute approximate surface area is 40.2 Å². The highest BCUT2D eigenvalue weighted by atomic mass is 16.3. The van der Waals surface area contributed by atoms with E-state index in [9.17, 15) is 0 Å². The van der Waals surface area contributed by atoms with E-state index in [1.165, 1.54) is 12.3 Å². The van der Waals surface area contributed by atoms with Gasteiger partial charge in [0.05, 0.1) is 0 Å². The minimum absolute atomic E-state index is 0.0162. The van der Waals surface area contributed by atoms with Crippen molar-refractivity contribution in [3.8, 4) is 11.6 Å². The Balaban J connectivity index is 3.04. The van der Waals surface area contributed by atoms with Crippen LogP contribution in [0.15, 0.2) is 12.3 Å². The van der Waals surface area contributed by atoms with E-state index >= 15 is 0 Å². The molecule has 0 unspecified atom stereocenters. The number of aromatic nitrogens is 1. The highest BCUT2D eigenvalue weighted by molar-refractivity contribution is 5.23. The van der Waals surface area contributed by atoms with Crippen molar-refractivity contribution < 1.29 is 10.2 Å². The highest BCUT2D eigenvalue weighted by Crippen LogP contribution is 2.13. The minimum Gasteiger partial charge on any atom is -0.506 e. The van der Waals surface area contributed by atoms with Gasteiger partial charge < -0.3 is 15.2 Å². The molecule has 3 N–H and O–H groups in total. The molecule has 0 saturated heterocycles. The molecule has 1 aromatic heterocycles. The summed E-state index contributed by atoms with van der Waals surface area (Å²) in [5.41, 5.74) is 0. The zero-order valence-electron chi connectivity index (χ0n) is 3.55. The summed E-state index contributed by atoms with van der Waals surface area (Å²) in [5, 5.41) is 16.9. The standard InChI is InChI=1S/C4H5NO2/c6-3-1-4(7)5-2-3/h1-2,5-7H. The van der Waals surface area contributed by atoms with E-state index in [1.54, 1.807) is 0 Å². The molecule has 38 valence electrons. The van der Waals surface area contributed by atoms with Crippen LogP contribution in [0.3, 0.4) is 0 Å². The molecule has 0 aliphatic carbocycles. The Kier molecular flexibility index (Phi) is 0.685. The SMILES string of the molecule is Oc1c[nH]c(O)c1. The summed E-state index contributed by atoms with van der Waals surface area (Å²) in [5.74, 6) is 0.0370. The Morgan fingerprint density at radius 3 is 2.29 bits per heavy atom. The predicted molar refractivity (Wildman–Crippen MR) is 24.1 cm³/mol. The van der Waals surface area contributed by atoms with Crippen molar-refractivity contribution in [3.05, 3.63) is 12.3 Å². The lowest BCUT2D eigenvalue weighted by Crippen LogP contribution is -1.51. The fraction of sp³-hybridized carbons (Fsp3) is 0. The lowest BCUT2D eigenvalue weighted by atomic mass is 10.6. The van der Waals surface area contributed by atoms with E-state index in [-0.39, 0.29) is 11.6 Å². The molecule has 3 nitrogen and oxygen atoms in total. The van der Waals surface area contributed by atoms with Gasteiger partial charge in [0.2, 0.25) is 0 Å². The third kappa shape index (κ3) is 0.652. The van der Waals surface area contributed by atoms with Crippen molar-refractivity contribution in [2.24, 2.45) is 0 Å². The second kappa shape index (κ2) is 1.18. The van der Waals surface area contributed by atoms with Gasteiger partial charge in [0.15, 0.2) is 5.88 Å². The maximum absolute atomic E-state index is 8.46. The molecule has 0 atom stereocenters. The highest BCUT2D eigenvalue weighted by Gasteiger charge is 1.88. The van der Waals surface area contributed by atoms with Crippen LogP contribution in [0, 0.1) is 0 Å². The van der Waals surface area contributed by atoms with Gasteiger partial charge in [0, 0.05) is 12.3 Å². The summed E-state index contributed by atoms with van der Waals surface area (Å²) in [7, 11) is 0. The molecular formula is C4H5NO2. The number of aromatic amines is 1. The van der Waals surface area contributed by atoms with Crippen LogP contribution in [-0.4, -0.2) is 15.2 Å². The van der Waals surface area contributed by atoms with Crippen LogP contribution in [-0.2, 0) is 0 Å². The number of rotatable bonds is 0. The van der Waals surface area contributed by atoms with Crippen molar-refractivity contribution in [1.82, 2.24) is 4.98 Å². The zero-order chi connectivity index (χ0) is 5.28. The van der Waals surface area contributed by atoms with Crippen LogP contribution in [0.25, 0.3) is 0 Å². The van der Waals surface area contributed by atoms with Crippen LogP contribution >= 0.6 is 0 Å². The molecule has 0 aliphatic rings. The average Bonchev–Trinajstić information content (AvgIpc) is 1.87. The minimum atomic E-state index is -0.0162. The topological polar surface area (TPSA) is 56.2 Å². The summed E-state index contributed by atoms with van der Waals surface area (Å²) in [6, 6.07) is 1.22. The third-order valence-corrected chi connectivity index (χ3v) is 0.653. The molecule has 0 saturated carbocycles. The molecule has 0 fully saturated rings. The Morgan fingerprint density at radius 2 is 2.14 bits per heavy atom. The normalized spacial score (nSPS) is 9.14. The third-order valence-electron chi connectivity index (χ3n) is 0.653. The van der Waals surface area contributed by atoms with Crippen LogP contribution in [0.5, 0.6) is 11.6 Å². The zero-order valence-corrected chi connectivity index (χ0v) is 3.55. The number of hydrogen-bond donors (Lipinski definition) is 3. The van der Waals surface area contributed by atoms with E-state index in [0.29, 0.717) is 0 Å². The van der Waals surface area contributed by atoms with Gasteiger partial charge in [-0.2, -0.15) is 0 Å². The second-order valence-electron chi connectivity index (χ2n) is 1.24. The van der Waals surface area contributed by atoms with Crippen LogP contribution in [0.1, 0.15) is 0 Å². The summed E-state index contributed by atoms with van der Waals surface area (Å²) < 4.78 is 0. The van der Waals surface area contributed by atoms with Gasteiger partial charge in [0.1, 0.15) is 5.75 Å². The molecule has 7 heavy (non-hydrogen) atoms. The first-order valence-electron chi connectivity index (χ1n) is 1.85. The molecule has 0 radical (unpaired) electrons. The van der Waals surface area contributed by atoms with Crippen molar-refractivity contribution in [2.75, 3.05) is 0 Å². The number of nitrogens with one attached hydrogen (secondary N) is 1.